The van der Waals surface area contributed by atoms with Crippen LogP contribution >= 0.6 is 15.9 Å². The molecule has 0 saturated carbocycles. The van der Waals surface area contributed by atoms with Crippen molar-refractivity contribution in [2.24, 2.45) is 0 Å². The molecule has 5 nitrogen and oxygen atoms in total. The van der Waals surface area contributed by atoms with Gasteiger partial charge in [-0.1, -0.05) is 46.3 Å². The maximum Gasteiger partial charge on any atom is 0.338 e. The predicted molar refractivity (Wildman–Crippen MR) is 78.3 cm³/mol. The van der Waals surface area contributed by atoms with Gasteiger partial charge in [0.1, 0.15) is 0 Å². The molecule has 2 amide bonds. The number of nitrogens with one attached hydrogen (secondary N) is 2. The number of benzene rings is 1. The van der Waals surface area contributed by atoms with Crippen LogP contribution in [0.5, 0.6) is 0 Å². The molecule has 20 heavy (non-hydrogen) atoms. The summed E-state index contributed by atoms with van der Waals surface area (Å²) in [6.07, 6.45) is 0. The van der Waals surface area contributed by atoms with E-state index in [0.29, 0.717) is 16.6 Å². The van der Waals surface area contributed by atoms with E-state index in [1.165, 1.54) is 0 Å². The summed E-state index contributed by atoms with van der Waals surface area (Å²) in [6, 6.07) is 8.49. The van der Waals surface area contributed by atoms with Crippen LogP contribution in [0.15, 0.2) is 41.6 Å². The van der Waals surface area contributed by atoms with Crippen LogP contribution in [0.4, 0.5) is 4.79 Å². The number of carbonyl (C=O) groups excluding carboxylic acids is 2. The van der Waals surface area contributed by atoms with Crippen molar-refractivity contribution in [1.29, 1.82) is 0 Å². The topological polar surface area (TPSA) is 67.4 Å². The Morgan fingerprint density at radius 1 is 1.35 bits per heavy atom. The molecule has 0 radical (unpaired) electrons. The first-order valence-electron chi connectivity index (χ1n) is 6.26. The SMILES string of the molecule is CCOC(=O)C1=C(CBr)NC(=O)N[C@H]1c1ccccc1. The van der Waals surface area contributed by atoms with E-state index in [1.807, 2.05) is 30.3 Å². The Kier molecular flexibility index (Phi) is 4.79. The van der Waals surface area contributed by atoms with Crippen LogP contribution in [-0.4, -0.2) is 23.9 Å². The molecule has 1 aliphatic heterocycles. The van der Waals surface area contributed by atoms with Crippen LogP contribution in [0.2, 0.25) is 0 Å². The number of hydrogen-bond donors (Lipinski definition) is 2. The van der Waals surface area contributed by atoms with E-state index in [2.05, 4.69) is 26.6 Å². The maximum absolute atomic E-state index is 12.2. The summed E-state index contributed by atoms with van der Waals surface area (Å²) in [5.74, 6) is -0.427. The number of alkyl halides is 1. The molecular weight excluding hydrogens is 324 g/mol. The Hall–Kier alpha value is -1.82. The third kappa shape index (κ3) is 3.01. The molecule has 0 spiro atoms. The monoisotopic (exact) mass is 338 g/mol. The number of halogens is 1. The highest BCUT2D eigenvalue weighted by atomic mass is 79.9. The molecule has 1 aromatic carbocycles. The van der Waals surface area contributed by atoms with Gasteiger partial charge in [0, 0.05) is 11.0 Å². The molecule has 0 fully saturated rings. The molecule has 2 rings (SSSR count). The molecular formula is C14H15BrN2O3. The summed E-state index contributed by atoms with van der Waals surface area (Å²) in [5.41, 5.74) is 1.79. The van der Waals surface area contributed by atoms with Gasteiger partial charge in [-0.2, -0.15) is 0 Å². The lowest BCUT2D eigenvalue weighted by molar-refractivity contribution is -0.139. The number of amides is 2. The molecule has 0 unspecified atom stereocenters. The second kappa shape index (κ2) is 6.56. The molecule has 2 N–H and O–H groups in total. The van der Waals surface area contributed by atoms with Gasteiger partial charge in [0.25, 0.3) is 0 Å². The highest BCUT2D eigenvalue weighted by Crippen LogP contribution is 2.28. The third-order valence-electron chi connectivity index (χ3n) is 2.92. The summed E-state index contributed by atoms with van der Waals surface area (Å²) in [4.78, 5) is 23.9. The zero-order valence-electron chi connectivity index (χ0n) is 11.0. The largest absolute Gasteiger partial charge is 0.463 e. The average Bonchev–Trinajstić information content (AvgIpc) is 2.47. The van der Waals surface area contributed by atoms with Gasteiger partial charge in [0.15, 0.2) is 0 Å². The summed E-state index contributed by atoms with van der Waals surface area (Å²) in [7, 11) is 0. The Morgan fingerprint density at radius 3 is 2.65 bits per heavy atom. The highest BCUT2D eigenvalue weighted by Gasteiger charge is 2.32. The molecule has 1 heterocycles. The van der Waals surface area contributed by atoms with E-state index in [0.717, 1.165) is 5.56 Å². The van der Waals surface area contributed by atoms with Gasteiger partial charge >= 0.3 is 12.0 Å². The summed E-state index contributed by atoms with van der Waals surface area (Å²) in [6.45, 7) is 2.03. The van der Waals surface area contributed by atoms with E-state index >= 15 is 0 Å². The third-order valence-corrected chi connectivity index (χ3v) is 3.48. The van der Waals surface area contributed by atoms with Gasteiger partial charge in [0.2, 0.25) is 0 Å². The van der Waals surface area contributed by atoms with Crippen LogP contribution < -0.4 is 10.6 Å². The van der Waals surface area contributed by atoms with Crippen LogP contribution in [-0.2, 0) is 9.53 Å². The van der Waals surface area contributed by atoms with Crippen molar-refractivity contribution in [2.45, 2.75) is 13.0 Å². The Labute approximate surface area is 125 Å². The Bertz CT molecular complexity index is 543. The minimum Gasteiger partial charge on any atom is -0.463 e. The molecule has 0 aromatic heterocycles. The van der Waals surface area contributed by atoms with E-state index in [-0.39, 0.29) is 12.6 Å². The fraction of sp³-hybridized carbons (Fsp3) is 0.286. The number of carbonyl (C=O) groups is 2. The number of ether oxygens (including phenoxy) is 1. The fourth-order valence-corrected chi connectivity index (χ4v) is 2.51. The lowest BCUT2D eigenvalue weighted by Crippen LogP contribution is -2.46. The molecule has 106 valence electrons. The minimum atomic E-state index is -0.503. The number of hydrogen-bond acceptors (Lipinski definition) is 3. The van der Waals surface area contributed by atoms with Crippen molar-refractivity contribution >= 4 is 27.9 Å². The number of rotatable bonds is 4. The standard InChI is InChI=1S/C14H15BrN2O3/c1-2-20-13(18)11-10(8-15)16-14(19)17-12(11)9-6-4-3-5-7-9/h3-7,12H,2,8H2,1H3,(H2,16,17,19)/t12-/m0/s1. The summed E-state index contributed by atoms with van der Waals surface area (Å²) in [5, 5.41) is 5.77. The second-order valence-corrected chi connectivity index (χ2v) is 4.75. The van der Waals surface area contributed by atoms with Crippen molar-refractivity contribution in [2.75, 3.05) is 11.9 Å². The molecule has 1 aromatic rings. The summed E-state index contributed by atoms with van der Waals surface area (Å²) >= 11 is 3.29. The van der Waals surface area contributed by atoms with Gasteiger partial charge in [-0.05, 0) is 12.5 Å². The van der Waals surface area contributed by atoms with Gasteiger partial charge in [-0.3, -0.25) is 0 Å². The Morgan fingerprint density at radius 2 is 2.05 bits per heavy atom. The fourth-order valence-electron chi connectivity index (χ4n) is 2.07. The quantitative estimate of drug-likeness (QED) is 0.653. The van der Waals surface area contributed by atoms with Crippen LogP contribution in [0.25, 0.3) is 0 Å². The molecule has 1 atom stereocenters. The van der Waals surface area contributed by atoms with Gasteiger partial charge in [-0.25, -0.2) is 9.59 Å². The first-order valence-corrected chi connectivity index (χ1v) is 7.38. The number of esters is 1. The highest BCUT2D eigenvalue weighted by molar-refractivity contribution is 9.09. The zero-order valence-corrected chi connectivity index (χ0v) is 12.6. The van der Waals surface area contributed by atoms with E-state index in [4.69, 9.17) is 4.74 Å². The van der Waals surface area contributed by atoms with Crippen LogP contribution in [0.3, 0.4) is 0 Å². The average molecular weight is 339 g/mol. The molecule has 6 heteroatoms. The predicted octanol–water partition coefficient (Wildman–Crippen LogP) is 2.25. The van der Waals surface area contributed by atoms with Crippen molar-refractivity contribution in [1.82, 2.24) is 10.6 Å². The maximum atomic E-state index is 12.2. The van der Waals surface area contributed by atoms with Crippen molar-refractivity contribution in [3.8, 4) is 0 Å². The lowest BCUT2D eigenvalue weighted by Gasteiger charge is -2.28. The van der Waals surface area contributed by atoms with Crippen LogP contribution in [0.1, 0.15) is 18.5 Å². The minimum absolute atomic E-state index is 0.285. The molecule has 0 bridgehead atoms. The van der Waals surface area contributed by atoms with Gasteiger partial charge in [0.05, 0.1) is 18.2 Å². The lowest BCUT2D eigenvalue weighted by atomic mass is 9.96. The molecule has 0 saturated heterocycles. The summed E-state index contributed by atoms with van der Waals surface area (Å²) < 4.78 is 5.09. The number of urea groups is 1. The van der Waals surface area contributed by atoms with E-state index in [9.17, 15) is 9.59 Å². The van der Waals surface area contributed by atoms with E-state index in [1.54, 1.807) is 6.92 Å². The van der Waals surface area contributed by atoms with E-state index < -0.39 is 12.0 Å². The van der Waals surface area contributed by atoms with Crippen molar-refractivity contribution in [3.63, 3.8) is 0 Å². The number of allylic oxidation sites excluding steroid dienone is 1. The van der Waals surface area contributed by atoms with Crippen LogP contribution in [0, 0.1) is 0 Å². The van der Waals surface area contributed by atoms with Gasteiger partial charge < -0.3 is 15.4 Å². The second-order valence-electron chi connectivity index (χ2n) is 4.19. The smallest absolute Gasteiger partial charge is 0.338 e. The molecule has 1 aliphatic rings. The van der Waals surface area contributed by atoms with Crippen molar-refractivity contribution < 1.29 is 14.3 Å². The first-order chi connectivity index (χ1) is 9.67. The normalized spacial score (nSPS) is 18.3. The molecule has 0 aliphatic carbocycles. The van der Waals surface area contributed by atoms with Crippen molar-refractivity contribution in [3.05, 3.63) is 47.2 Å². The zero-order chi connectivity index (χ0) is 14.5. The first kappa shape index (κ1) is 14.6. The Balaban J connectivity index is 2.46. The van der Waals surface area contributed by atoms with Gasteiger partial charge in [-0.15, -0.1) is 0 Å².